The third-order valence-corrected chi connectivity index (χ3v) is 3.11. The van der Waals surface area contributed by atoms with E-state index in [2.05, 4.69) is 9.72 Å². The van der Waals surface area contributed by atoms with E-state index in [0.717, 1.165) is 10.6 Å². The minimum absolute atomic E-state index is 0.358. The average Bonchev–Trinajstić information content (AvgIpc) is 2.83. The Balaban J connectivity index is 2.41. The zero-order chi connectivity index (χ0) is 11.7. The number of aromatic nitrogens is 1. The smallest absolute Gasteiger partial charge is 0.357 e. The molecule has 4 nitrogen and oxygen atoms in total. The van der Waals surface area contributed by atoms with Crippen molar-refractivity contribution in [3.8, 4) is 10.8 Å². The zero-order valence-electron chi connectivity index (χ0n) is 9.23. The lowest BCUT2D eigenvalue weighted by molar-refractivity contribution is 0.0594. The Morgan fingerprint density at radius 2 is 2.19 bits per heavy atom. The number of carbonyl (C=O) groups excluding carboxylic acids is 1. The summed E-state index contributed by atoms with van der Waals surface area (Å²) in [6.07, 6.45) is 0. The molecule has 2 aromatic heterocycles. The Kier molecular flexibility index (Phi) is 2.78. The van der Waals surface area contributed by atoms with Crippen molar-refractivity contribution in [2.45, 2.75) is 13.8 Å². The molecule has 0 spiro atoms. The second kappa shape index (κ2) is 4.09. The van der Waals surface area contributed by atoms with E-state index in [1.807, 2.05) is 26.0 Å². The van der Waals surface area contributed by atoms with Gasteiger partial charge in [-0.1, -0.05) is 0 Å². The number of furan rings is 1. The summed E-state index contributed by atoms with van der Waals surface area (Å²) in [5.41, 5.74) is 0.358. The number of ether oxygens (including phenoxy) is 1. The van der Waals surface area contributed by atoms with Gasteiger partial charge in [0.2, 0.25) is 0 Å². The molecular weight excluding hydrogens is 226 g/mol. The van der Waals surface area contributed by atoms with Crippen molar-refractivity contribution in [1.82, 2.24) is 4.98 Å². The topological polar surface area (TPSA) is 52.3 Å². The lowest BCUT2D eigenvalue weighted by Gasteiger charge is -1.93. The molecule has 0 N–H and O–H groups in total. The first kappa shape index (κ1) is 10.9. The Bertz CT molecular complexity index is 527. The maximum absolute atomic E-state index is 11.4. The van der Waals surface area contributed by atoms with Gasteiger partial charge >= 0.3 is 5.97 Å². The van der Waals surface area contributed by atoms with Crippen LogP contribution >= 0.6 is 11.3 Å². The highest BCUT2D eigenvalue weighted by atomic mass is 32.1. The van der Waals surface area contributed by atoms with Crippen LogP contribution in [0.5, 0.6) is 0 Å². The third kappa shape index (κ3) is 1.86. The fourth-order valence-electron chi connectivity index (χ4n) is 1.34. The first-order valence-corrected chi connectivity index (χ1v) is 5.56. The van der Waals surface area contributed by atoms with Crippen LogP contribution in [0.2, 0.25) is 0 Å². The number of rotatable bonds is 2. The molecule has 0 bridgehead atoms. The van der Waals surface area contributed by atoms with Gasteiger partial charge in [-0.2, -0.15) is 0 Å². The van der Waals surface area contributed by atoms with E-state index < -0.39 is 5.97 Å². The van der Waals surface area contributed by atoms with Crippen LogP contribution in [0.1, 0.15) is 21.1 Å². The Morgan fingerprint density at radius 1 is 1.44 bits per heavy atom. The maximum Gasteiger partial charge on any atom is 0.357 e. The number of hydrogen-bond acceptors (Lipinski definition) is 5. The van der Waals surface area contributed by atoms with E-state index in [4.69, 9.17) is 4.42 Å². The fourth-order valence-corrected chi connectivity index (χ4v) is 2.20. The van der Waals surface area contributed by atoms with Crippen molar-refractivity contribution in [1.29, 1.82) is 0 Å². The predicted octanol–water partition coefficient (Wildman–Crippen LogP) is 2.81. The molecule has 0 saturated heterocycles. The highest BCUT2D eigenvalue weighted by Crippen LogP contribution is 2.29. The minimum atomic E-state index is -0.414. The van der Waals surface area contributed by atoms with Gasteiger partial charge in [-0.25, -0.2) is 9.78 Å². The number of hydrogen-bond donors (Lipinski definition) is 0. The SMILES string of the molecule is COC(=O)c1nc(-c2ccc(C)o2)sc1C. The standard InChI is InChI=1S/C11H11NO3S/c1-6-4-5-8(15-6)10-12-9(7(2)16-10)11(13)14-3/h4-5H,1-3H3. The van der Waals surface area contributed by atoms with Crippen molar-refractivity contribution in [3.05, 3.63) is 28.5 Å². The highest BCUT2D eigenvalue weighted by molar-refractivity contribution is 7.15. The third-order valence-electron chi connectivity index (χ3n) is 2.13. The monoisotopic (exact) mass is 237 g/mol. The summed E-state index contributed by atoms with van der Waals surface area (Å²) in [7, 11) is 1.35. The van der Waals surface area contributed by atoms with E-state index in [-0.39, 0.29) is 0 Å². The van der Waals surface area contributed by atoms with Crippen LogP contribution in [0.4, 0.5) is 0 Å². The van der Waals surface area contributed by atoms with Crippen LogP contribution in [0.15, 0.2) is 16.5 Å². The van der Waals surface area contributed by atoms with Crippen LogP contribution in [-0.2, 0) is 4.74 Å². The van der Waals surface area contributed by atoms with E-state index in [1.54, 1.807) is 0 Å². The maximum atomic E-state index is 11.4. The molecule has 0 fully saturated rings. The predicted molar refractivity (Wildman–Crippen MR) is 60.6 cm³/mol. The molecule has 0 amide bonds. The molecule has 0 aliphatic heterocycles. The number of esters is 1. The van der Waals surface area contributed by atoms with Crippen molar-refractivity contribution in [2.75, 3.05) is 7.11 Å². The molecule has 2 aromatic rings. The summed E-state index contributed by atoms with van der Waals surface area (Å²) in [6, 6.07) is 3.71. The number of nitrogens with zero attached hydrogens (tertiary/aromatic N) is 1. The second-order valence-corrected chi connectivity index (χ2v) is 4.53. The van der Waals surface area contributed by atoms with Crippen molar-refractivity contribution < 1.29 is 13.9 Å². The molecule has 5 heteroatoms. The van der Waals surface area contributed by atoms with Crippen LogP contribution in [0, 0.1) is 13.8 Å². The number of carbonyl (C=O) groups is 1. The summed E-state index contributed by atoms with van der Waals surface area (Å²) in [4.78, 5) is 16.4. The quantitative estimate of drug-likeness (QED) is 0.754. The van der Waals surface area contributed by atoms with Gasteiger partial charge in [-0.3, -0.25) is 0 Å². The molecule has 0 aromatic carbocycles. The molecule has 0 saturated carbocycles. The molecule has 0 aliphatic carbocycles. The lowest BCUT2D eigenvalue weighted by atomic mass is 10.4. The van der Waals surface area contributed by atoms with E-state index in [9.17, 15) is 4.79 Å². The molecule has 0 atom stereocenters. The van der Waals surface area contributed by atoms with Gasteiger partial charge in [0, 0.05) is 4.88 Å². The summed E-state index contributed by atoms with van der Waals surface area (Å²) in [6.45, 7) is 3.70. The normalized spacial score (nSPS) is 10.4. The molecular formula is C11H11NO3S. The van der Waals surface area contributed by atoms with Gasteiger partial charge in [0.1, 0.15) is 5.76 Å². The van der Waals surface area contributed by atoms with Crippen molar-refractivity contribution in [2.24, 2.45) is 0 Å². The molecule has 0 unspecified atom stereocenters. The van der Waals surface area contributed by atoms with E-state index >= 15 is 0 Å². The minimum Gasteiger partial charge on any atom is -0.464 e. The van der Waals surface area contributed by atoms with E-state index in [1.165, 1.54) is 18.4 Å². The highest BCUT2D eigenvalue weighted by Gasteiger charge is 2.17. The van der Waals surface area contributed by atoms with Crippen LogP contribution in [0.25, 0.3) is 10.8 Å². The first-order valence-electron chi connectivity index (χ1n) is 4.74. The van der Waals surface area contributed by atoms with Gasteiger partial charge in [0.15, 0.2) is 16.5 Å². The second-order valence-electron chi connectivity index (χ2n) is 3.33. The van der Waals surface area contributed by atoms with Gasteiger partial charge in [-0.15, -0.1) is 11.3 Å². The molecule has 0 aliphatic rings. The molecule has 2 rings (SSSR count). The number of aryl methyl sites for hydroxylation is 2. The zero-order valence-corrected chi connectivity index (χ0v) is 10.1. The van der Waals surface area contributed by atoms with Crippen LogP contribution in [-0.4, -0.2) is 18.1 Å². The lowest BCUT2D eigenvalue weighted by Crippen LogP contribution is -2.02. The van der Waals surface area contributed by atoms with Gasteiger partial charge in [0.05, 0.1) is 7.11 Å². The molecule has 0 radical (unpaired) electrons. The Labute approximate surface area is 96.9 Å². The molecule has 2 heterocycles. The molecule has 84 valence electrons. The molecule has 16 heavy (non-hydrogen) atoms. The summed E-state index contributed by atoms with van der Waals surface area (Å²) in [5.74, 6) is 1.09. The van der Waals surface area contributed by atoms with E-state index in [0.29, 0.717) is 16.5 Å². The average molecular weight is 237 g/mol. The first-order chi connectivity index (χ1) is 7.61. The number of methoxy groups -OCH3 is 1. The van der Waals surface area contributed by atoms with Crippen LogP contribution < -0.4 is 0 Å². The Morgan fingerprint density at radius 3 is 2.75 bits per heavy atom. The van der Waals surface area contributed by atoms with Crippen molar-refractivity contribution in [3.63, 3.8) is 0 Å². The van der Waals surface area contributed by atoms with Crippen LogP contribution in [0.3, 0.4) is 0 Å². The van der Waals surface area contributed by atoms with Gasteiger partial charge in [-0.05, 0) is 26.0 Å². The van der Waals surface area contributed by atoms with Crippen molar-refractivity contribution >= 4 is 17.3 Å². The summed E-state index contributed by atoms with van der Waals surface area (Å²) in [5, 5.41) is 0.700. The Hall–Kier alpha value is -1.62. The van der Waals surface area contributed by atoms with Gasteiger partial charge in [0.25, 0.3) is 0 Å². The summed E-state index contributed by atoms with van der Waals surface area (Å²) >= 11 is 1.42. The fraction of sp³-hybridized carbons (Fsp3) is 0.273. The summed E-state index contributed by atoms with van der Waals surface area (Å²) < 4.78 is 10.1. The number of thiazole rings is 1. The largest absolute Gasteiger partial charge is 0.464 e. The van der Waals surface area contributed by atoms with Gasteiger partial charge < -0.3 is 9.15 Å².